The van der Waals surface area contributed by atoms with Crippen LogP contribution < -0.4 is 10.2 Å². The van der Waals surface area contributed by atoms with Gasteiger partial charge in [0.15, 0.2) is 0 Å². The highest BCUT2D eigenvalue weighted by molar-refractivity contribution is 5.87. The second-order valence-corrected chi connectivity index (χ2v) is 8.94. The van der Waals surface area contributed by atoms with Crippen molar-refractivity contribution in [3.05, 3.63) is 29.8 Å². The van der Waals surface area contributed by atoms with Crippen LogP contribution in [0.2, 0.25) is 0 Å². The molecule has 0 unspecified atom stereocenters. The van der Waals surface area contributed by atoms with Crippen molar-refractivity contribution in [2.45, 2.75) is 40.0 Å². The van der Waals surface area contributed by atoms with E-state index in [0.29, 0.717) is 6.54 Å². The molecule has 1 aromatic rings. The molecule has 0 spiro atoms. The van der Waals surface area contributed by atoms with Crippen LogP contribution >= 0.6 is 0 Å². The molecule has 2 amide bonds. The van der Waals surface area contributed by atoms with Crippen LogP contribution in [0.3, 0.4) is 0 Å². The predicted octanol–water partition coefficient (Wildman–Crippen LogP) is 2.94. The van der Waals surface area contributed by atoms with E-state index in [4.69, 9.17) is 0 Å². The highest BCUT2D eigenvalue weighted by atomic mass is 16.2. The van der Waals surface area contributed by atoms with Crippen molar-refractivity contribution in [1.29, 1.82) is 0 Å². The lowest BCUT2D eigenvalue weighted by molar-refractivity contribution is -0.142. The first-order chi connectivity index (χ1) is 12.5. The Morgan fingerprint density at radius 1 is 1.07 bits per heavy atom. The summed E-state index contributed by atoms with van der Waals surface area (Å²) in [6.07, 6.45) is 2.31. The van der Waals surface area contributed by atoms with Crippen molar-refractivity contribution in [1.82, 2.24) is 10.2 Å². The van der Waals surface area contributed by atoms with Crippen molar-refractivity contribution < 1.29 is 9.59 Å². The van der Waals surface area contributed by atoms with E-state index in [9.17, 15) is 9.59 Å². The first-order valence-corrected chi connectivity index (χ1v) is 9.76. The number of anilines is 1. The Hall–Kier alpha value is -2.04. The third-order valence-electron chi connectivity index (χ3n) is 6.62. The van der Waals surface area contributed by atoms with Crippen LogP contribution in [0.25, 0.3) is 0 Å². The van der Waals surface area contributed by atoms with Crippen LogP contribution in [-0.4, -0.2) is 51.4 Å². The Kier molecular flexibility index (Phi) is 6.23. The van der Waals surface area contributed by atoms with Gasteiger partial charge in [-0.3, -0.25) is 9.59 Å². The molecule has 5 nitrogen and oxygen atoms in total. The molecule has 1 fully saturated rings. The maximum Gasteiger partial charge on any atom is 0.226 e. The van der Waals surface area contributed by atoms with Gasteiger partial charge in [-0.1, -0.05) is 32.9 Å². The minimum Gasteiger partial charge on any atom is -0.378 e. The van der Waals surface area contributed by atoms with E-state index in [-0.39, 0.29) is 23.1 Å². The summed E-state index contributed by atoms with van der Waals surface area (Å²) < 4.78 is 0. The molecule has 1 aromatic carbocycles. The smallest absolute Gasteiger partial charge is 0.226 e. The summed E-state index contributed by atoms with van der Waals surface area (Å²) in [5.41, 5.74) is 1.47. The number of amides is 2. The highest BCUT2D eigenvalue weighted by Crippen LogP contribution is 2.56. The molecule has 1 saturated carbocycles. The molecule has 0 aromatic heterocycles. The zero-order chi connectivity index (χ0) is 20.4. The number of hydrogen-bond acceptors (Lipinski definition) is 3. The highest BCUT2D eigenvalue weighted by Gasteiger charge is 2.58. The number of nitrogens with one attached hydrogen (secondary N) is 1. The van der Waals surface area contributed by atoms with Crippen molar-refractivity contribution in [2.75, 3.05) is 39.6 Å². The van der Waals surface area contributed by atoms with Crippen molar-refractivity contribution in [2.24, 2.45) is 16.7 Å². The first kappa shape index (κ1) is 21.3. The van der Waals surface area contributed by atoms with Gasteiger partial charge in [0.1, 0.15) is 0 Å². The van der Waals surface area contributed by atoms with E-state index >= 15 is 0 Å². The van der Waals surface area contributed by atoms with Gasteiger partial charge in [0.25, 0.3) is 0 Å². The third-order valence-corrected chi connectivity index (χ3v) is 6.62. The van der Waals surface area contributed by atoms with Crippen molar-refractivity contribution in [3.63, 3.8) is 0 Å². The monoisotopic (exact) mass is 373 g/mol. The largest absolute Gasteiger partial charge is 0.378 e. The van der Waals surface area contributed by atoms with Gasteiger partial charge < -0.3 is 15.1 Å². The van der Waals surface area contributed by atoms with E-state index in [2.05, 4.69) is 48.3 Å². The SMILES string of the molecule is CN(C)C(=O)[C@@H]1CC[C@](C)(C(=O)NCCc2ccc(N(C)C)cc2)C1(C)C. The Balaban J connectivity index is 1.97. The van der Waals surface area contributed by atoms with Gasteiger partial charge in [-0.05, 0) is 42.4 Å². The molecule has 0 radical (unpaired) electrons. The molecule has 2 rings (SSSR count). The number of hydrogen-bond donors (Lipinski definition) is 1. The van der Waals surface area contributed by atoms with Gasteiger partial charge in [-0.2, -0.15) is 0 Å². The molecule has 0 bridgehead atoms. The summed E-state index contributed by atoms with van der Waals surface area (Å²) in [6.45, 7) is 6.74. The number of benzene rings is 1. The fourth-order valence-corrected chi connectivity index (χ4v) is 4.13. The molecule has 150 valence electrons. The maximum absolute atomic E-state index is 13.0. The Bertz CT molecular complexity index is 679. The number of carbonyl (C=O) groups is 2. The maximum atomic E-state index is 13.0. The van der Waals surface area contributed by atoms with Crippen molar-refractivity contribution in [3.8, 4) is 0 Å². The zero-order valence-corrected chi connectivity index (χ0v) is 17.9. The average Bonchev–Trinajstić information content (AvgIpc) is 2.85. The molecule has 2 atom stereocenters. The normalized spacial score (nSPS) is 23.7. The molecule has 1 N–H and O–H groups in total. The minimum atomic E-state index is -0.530. The molecular weight excluding hydrogens is 338 g/mol. The van der Waals surface area contributed by atoms with Crippen LogP contribution in [0.15, 0.2) is 24.3 Å². The summed E-state index contributed by atoms with van der Waals surface area (Å²) in [6, 6.07) is 8.40. The van der Waals surface area contributed by atoms with Gasteiger partial charge in [0.2, 0.25) is 11.8 Å². The average molecular weight is 374 g/mol. The van der Waals surface area contributed by atoms with Crippen molar-refractivity contribution >= 4 is 17.5 Å². The summed E-state index contributed by atoms with van der Waals surface area (Å²) in [5, 5.41) is 3.12. The standard InChI is InChI=1S/C22H35N3O2/c1-21(2)18(19(26)25(6)7)12-14-22(21,3)20(27)23-15-13-16-8-10-17(11-9-16)24(4)5/h8-11,18H,12-15H2,1-7H3,(H,23,27)/t18-,22+/m0/s1. The molecule has 0 aliphatic heterocycles. The van der Waals surface area contributed by atoms with E-state index in [1.165, 1.54) is 11.3 Å². The van der Waals surface area contributed by atoms with E-state index in [1.54, 1.807) is 19.0 Å². The Morgan fingerprint density at radius 2 is 1.67 bits per heavy atom. The third kappa shape index (κ3) is 4.12. The van der Waals surface area contributed by atoms with E-state index in [0.717, 1.165) is 19.3 Å². The van der Waals surface area contributed by atoms with Gasteiger partial charge in [0.05, 0.1) is 5.41 Å². The van der Waals surface area contributed by atoms with Crippen LogP contribution in [0.4, 0.5) is 5.69 Å². The fraction of sp³-hybridized carbons (Fsp3) is 0.636. The molecule has 5 heteroatoms. The van der Waals surface area contributed by atoms with Crippen LogP contribution in [0, 0.1) is 16.7 Å². The lowest BCUT2D eigenvalue weighted by Gasteiger charge is -2.40. The molecule has 1 aliphatic rings. The quantitative estimate of drug-likeness (QED) is 0.834. The lowest BCUT2D eigenvalue weighted by atomic mass is 9.65. The van der Waals surface area contributed by atoms with E-state index < -0.39 is 5.41 Å². The van der Waals surface area contributed by atoms with Gasteiger partial charge >= 0.3 is 0 Å². The number of nitrogens with zero attached hydrogens (tertiary/aromatic N) is 2. The van der Waals surface area contributed by atoms with Gasteiger partial charge in [-0.25, -0.2) is 0 Å². The minimum absolute atomic E-state index is 0.0615. The Morgan fingerprint density at radius 3 is 2.19 bits per heavy atom. The predicted molar refractivity (Wildman–Crippen MR) is 111 cm³/mol. The summed E-state index contributed by atoms with van der Waals surface area (Å²) in [4.78, 5) is 29.3. The molecule has 0 heterocycles. The Labute approximate surface area is 164 Å². The zero-order valence-electron chi connectivity index (χ0n) is 17.9. The lowest BCUT2D eigenvalue weighted by Crippen LogP contribution is -2.49. The summed E-state index contributed by atoms with van der Waals surface area (Å²) in [5.74, 6) is 0.0748. The first-order valence-electron chi connectivity index (χ1n) is 9.76. The van der Waals surface area contributed by atoms with Gasteiger partial charge in [-0.15, -0.1) is 0 Å². The summed E-state index contributed by atoms with van der Waals surface area (Å²) >= 11 is 0. The van der Waals surface area contributed by atoms with Crippen LogP contribution in [0.5, 0.6) is 0 Å². The fourth-order valence-electron chi connectivity index (χ4n) is 4.13. The number of carbonyl (C=O) groups excluding carboxylic acids is 2. The van der Waals surface area contributed by atoms with Crippen LogP contribution in [-0.2, 0) is 16.0 Å². The number of rotatable bonds is 6. The molecular formula is C22H35N3O2. The second kappa shape index (κ2) is 7.91. The molecule has 0 saturated heterocycles. The molecule has 1 aliphatic carbocycles. The van der Waals surface area contributed by atoms with Gasteiger partial charge in [0, 0.05) is 46.3 Å². The van der Waals surface area contributed by atoms with E-state index in [1.807, 2.05) is 21.0 Å². The second-order valence-electron chi connectivity index (χ2n) is 8.94. The molecule has 27 heavy (non-hydrogen) atoms. The van der Waals surface area contributed by atoms with Crippen LogP contribution in [0.1, 0.15) is 39.2 Å². The topological polar surface area (TPSA) is 52.7 Å². The summed E-state index contributed by atoms with van der Waals surface area (Å²) in [7, 11) is 7.62.